The largest absolute Gasteiger partial charge is 0.491 e. The number of benzene rings is 4. The Labute approximate surface area is 340 Å². The van der Waals surface area contributed by atoms with Gasteiger partial charge in [-0.1, -0.05) is 84.6 Å². The minimum Gasteiger partial charge on any atom is -0.491 e. The molecule has 304 valence electrons. The highest BCUT2D eigenvalue weighted by atomic mass is 16.7. The molecule has 2 N–H and O–H groups in total. The van der Waals surface area contributed by atoms with E-state index in [-0.39, 0.29) is 19.6 Å². The second-order valence-electron chi connectivity index (χ2n) is 14.2. The number of esters is 3. The van der Waals surface area contributed by atoms with Crippen molar-refractivity contribution in [2.45, 2.75) is 36.1 Å². The summed E-state index contributed by atoms with van der Waals surface area (Å²) >= 11 is 0. The Morgan fingerprint density at radius 2 is 1.51 bits per heavy atom. The van der Waals surface area contributed by atoms with Crippen molar-refractivity contribution in [3.63, 3.8) is 0 Å². The zero-order chi connectivity index (χ0) is 41.8. The van der Waals surface area contributed by atoms with Gasteiger partial charge in [0.25, 0.3) is 5.91 Å². The SMILES string of the molecule is COC(=O)C(CC#Cc1ccc2c(c1)[C@]1(C(=O)N2)[C@H](c2ccc(OCCO)cc2)N2C(C(=O)O[C@@H](c3ccccc3)[C@H]2c2ccccc2)[C@@H]1C(=O)N(C)OC)C(=O)OC. The van der Waals surface area contributed by atoms with Crippen molar-refractivity contribution in [3.8, 4) is 17.6 Å². The molecule has 4 aromatic rings. The number of rotatable bonds is 11. The molecule has 0 saturated carbocycles. The number of nitrogens with zero attached hydrogens (tertiary/aromatic N) is 2. The van der Waals surface area contributed by atoms with Crippen LogP contribution >= 0.6 is 0 Å². The van der Waals surface area contributed by atoms with Crippen molar-refractivity contribution in [3.05, 3.63) is 131 Å². The van der Waals surface area contributed by atoms with Gasteiger partial charge >= 0.3 is 17.9 Å². The normalized spacial score (nSPS) is 23.0. The topological polar surface area (TPSA) is 170 Å². The first-order valence-corrected chi connectivity index (χ1v) is 18.9. The van der Waals surface area contributed by atoms with Gasteiger partial charge in [-0.3, -0.25) is 33.7 Å². The molecule has 3 heterocycles. The number of morpholine rings is 1. The van der Waals surface area contributed by atoms with E-state index in [0.29, 0.717) is 33.7 Å². The third-order valence-electron chi connectivity index (χ3n) is 11.2. The van der Waals surface area contributed by atoms with Crippen LogP contribution in [0.15, 0.2) is 103 Å². The molecule has 2 fully saturated rings. The average molecular weight is 802 g/mol. The number of cyclic esters (lactones) is 1. The van der Waals surface area contributed by atoms with Gasteiger partial charge in [0, 0.05) is 24.7 Å². The number of aliphatic hydroxyl groups is 1. The van der Waals surface area contributed by atoms with Crippen LogP contribution in [0.3, 0.4) is 0 Å². The number of amides is 2. The van der Waals surface area contributed by atoms with Gasteiger partial charge in [-0.25, -0.2) is 5.06 Å². The summed E-state index contributed by atoms with van der Waals surface area (Å²) in [4.78, 5) is 77.3. The highest BCUT2D eigenvalue weighted by Crippen LogP contribution is 2.65. The van der Waals surface area contributed by atoms with E-state index in [2.05, 4.69) is 17.2 Å². The molecular formula is C45H43N3O11. The number of hydrogen-bond donors (Lipinski definition) is 2. The monoisotopic (exact) mass is 801 g/mol. The molecule has 0 aliphatic carbocycles. The third-order valence-corrected chi connectivity index (χ3v) is 11.2. The Bertz CT molecular complexity index is 2280. The Morgan fingerprint density at radius 1 is 0.864 bits per heavy atom. The molecule has 0 bridgehead atoms. The standard InChI is InChI=1S/C45H43N3O11/c1-47(57-4)40(50)35-37-43(53)59-38(29-15-9-6-10-16-29)36(28-13-7-5-8-14-28)48(37)39(30-19-21-31(22-20-30)58-25-24-49)45(35)33-26-27(18-23-34(33)46-44(45)54)12-11-17-32(41(51)55-2)42(52)56-3/h5-10,13-16,18-23,26,32,35-39,49H,17,24-25H2,1-4H3,(H,46,54)/t35-,36-,37?,38+,39+,45-/m1/s1. The summed E-state index contributed by atoms with van der Waals surface area (Å²) < 4.78 is 21.7. The van der Waals surface area contributed by atoms with Gasteiger partial charge < -0.3 is 29.4 Å². The quantitative estimate of drug-likeness (QED) is 0.0735. The molecule has 1 spiro atoms. The van der Waals surface area contributed by atoms with Gasteiger partial charge in [0.05, 0.1) is 45.9 Å². The van der Waals surface area contributed by atoms with E-state index in [1.54, 1.807) is 42.5 Å². The van der Waals surface area contributed by atoms with Crippen molar-refractivity contribution in [2.75, 3.05) is 46.9 Å². The third kappa shape index (κ3) is 7.18. The highest BCUT2D eigenvalue weighted by molar-refractivity contribution is 6.12. The van der Waals surface area contributed by atoms with Crippen molar-refractivity contribution < 1.29 is 52.9 Å². The predicted octanol–water partition coefficient (Wildman–Crippen LogP) is 4.05. The van der Waals surface area contributed by atoms with E-state index < -0.39 is 71.2 Å². The van der Waals surface area contributed by atoms with Crippen molar-refractivity contribution in [2.24, 2.45) is 11.8 Å². The fourth-order valence-corrected chi connectivity index (χ4v) is 8.65. The molecule has 0 radical (unpaired) electrons. The van der Waals surface area contributed by atoms with Crippen LogP contribution in [0, 0.1) is 23.7 Å². The van der Waals surface area contributed by atoms with Crippen molar-refractivity contribution in [1.29, 1.82) is 0 Å². The Balaban J connectivity index is 1.49. The number of nitrogens with one attached hydrogen (secondary N) is 1. The van der Waals surface area contributed by atoms with E-state index >= 15 is 4.79 Å². The summed E-state index contributed by atoms with van der Waals surface area (Å²) in [5.74, 6) is 0.174. The van der Waals surface area contributed by atoms with Crippen LogP contribution in [-0.2, 0) is 48.4 Å². The molecule has 7 rings (SSSR count). The van der Waals surface area contributed by atoms with Gasteiger partial charge in [0.1, 0.15) is 29.9 Å². The fraction of sp³-hybridized carbons (Fsp3) is 0.311. The summed E-state index contributed by atoms with van der Waals surface area (Å²) in [5.41, 5.74) is 1.46. The number of methoxy groups -OCH3 is 2. The molecular weight excluding hydrogens is 759 g/mol. The highest BCUT2D eigenvalue weighted by Gasteiger charge is 2.74. The van der Waals surface area contributed by atoms with Crippen molar-refractivity contribution in [1.82, 2.24) is 9.96 Å². The van der Waals surface area contributed by atoms with E-state index in [9.17, 15) is 24.3 Å². The molecule has 1 unspecified atom stereocenters. The zero-order valence-electron chi connectivity index (χ0n) is 32.8. The lowest BCUT2D eigenvalue weighted by Gasteiger charge is -2.46. The molecule has 6 atom stereocenters. The van der Waals surface area contributed by atoms with E-state index in [1.807, 2.05) is 65.6 Å². The first-order valence-electron chi connectivity index (χ1n) is 18.9. The Kier molecular flexibility index (Phi) is 11.8. The molecule has 2 amide bonds. The van der Waals surface area contributed by atoms with Crippen LogP contribution in [0.1, 0.15) is 52.4 Å². The van der Waals surface area contributed by atoms with Gasteiger partial charge in [0.2, 0.25) is 5.91 Å². The van der Waals surface area contributed by atoms with Crippen LogP contribution in [-0.4, -0.2) is 92.4 Å². The summed E-state index contributed by atoms with van der Waals surface area (Å²) in [5, 5.41) is 13.5. The van der Waals surface area contributed by atoms with Crippen molar-refractivity contribution >= 4 is 35.4 Å². The van der Waals surface area contributed by atoms with E-state index in [1.165, 1.54) is 14.2 Å². The number of hydrogen-bond acceptors (Lipinski definition) is 12. The predicted molar refractivity (Wildman–Crippen MR) is 211 cm³/mol. The summed E-state index contributed by atoms with van der Waals surface area (Å²) in [6.45, 7) is -0.142. The first-order chi connectivity index (χ1) is 28.6. The number of carbonyl (C=O) groups is 5. The average Bonchev–Trinajstić information content (AvgIpc) is 3.75. The van der Waals surface area contributed by atoms with Gasteiger partial charge in [-0.05, 0) is 52.6 Å². The van der Waals surface area contributed by atoms with Crippen LogP contribution in [0.5, 0.6) is 5.75 Å². The summed E-state index contributed by atoms with van der Waals surface area (Å²) in [6, 6.07) is 27.8. The molecule has 14 heteroatoms. The van der Waals surface area contributed by atoms with Crippen LogP contribution in [0.25, 0.3) is 0 Å². The molecule has 2 saturated heterocycles. The van der Waals surface area contributed by atoms with Crippen LogP contribution in [0.4, 0.5) is 5.69 Å². The maximum Gasteiger partial charge on any atom is 0.324 e. The molecule has 4 aromatic carbocycles. The second-order valence-corrected chi connectivity index (χ2v) is 14.2. The molecule has 14 nitrogen and oxygen atoms in total. The minimum atomic E-state index is -1.81. The lowest BCUT2D eigenvalue weighted by atomic mass is 9.65. The van der Waals surface area contributed by atoms with Gasteiger partial charge in [-0.15, -0.1) is 0 Å². The fourth-order valence-electron chi connectivity index (χ4n) is 8.65. The molecule has 3 aliphatic rings. The Hall–Kier alpha value is -6.53. The molecule has 3 aliphatic heterocycles. The first kappa shape index (κ1) is 40.7. The lowest BCUT2D eigenvalue weighted by molar-refractivity contribution is -0.187. The lowest BCUT2D eigenvalue weighted by Crippen LogP contribution is -2.54. The second kappa shape index (κ2) is 17.1. The minimum absolute atomic E-state index is 0.0567. The Morgan fingerprint density at radius 3 is 2.12 bits per heavy atom. The number of ether oxygens (including phenoxy) is 4. The number of hydroxylamine groups is 2. The van der Waals surface area contributed by atoms with Gasteiger partial charge in [0.15, 0.2) is 5.92 Å². The zero-order valence-corrected chi connectivity index (χ0v) is 32.8. The summed E-state index contributed by atoms with van der Waals surface area (Å²) in [6.07, 6.45) is -1.07. The smallest absolute Gasteiger partial charge is 0.324 e. The summed E-state index contributed by atoms with van der Waals surface area (Å²) in [7, 11) is 5.07. The number of fused-ring (bicyclic) bond motifs is 3. The molecule has 0 aromatic heterocycles. The number of anilines is 1. The number of aliphatic hydroxyl groups excluding tert-OH is 1. The number of carbonyl (C=O) groups excluding carboxylic acids is 5. The van der Waals surface area contributed by atoms with Crippen LogP contribution < -0.4 is 10.1 Å². The van der Waals surface area contributed by atoms with Gasteiger partial charge in [-0.2, -0.15) is 0 Å². The molecule has 59 heavy (non-hydrogen) atoms. The maximum atomic E-state index is 15.3. The van der Waals surface area contributed by atoms with E-state index in [0.717, 1.165) is 24.8 Å². The van der Waals surface area contributed by atoms with E-state index in [4.69, 9.17) is 23.8 Å². The van der Waals surface area contributed by atoms with Crippen LogP contribution in [0.2, 0.25) is 0 Å². The maximum absolute atomic E-state index is 15.3.